The summed E-state index contributed by atoms with van der Waals surface area (Å²) in [6.07, 6.45) is 0.719. The van der Waals surface area contributed by atoms with Crippen LogP contribution in [0.15, 0.2) is 24.3 Å². The minimum atomic E-state index is -0.160. The van der Waals surface area contributed by atoms with Crippen molar-refractivity contribution in [3.63, 3.8) is 0 Å². The van der Waals surface area contributed by atoms with Gasteiger partial charge in [0.05, 0.1) is 13.2 Å². The first-order valence-electron chi connectivity index (χ1n) is 7.32. The maximum Gasteiger partial charge on any atom is 0.317 e. The molecular weight excluding hydrogens is 272 g/mol. The molecule has 3 rings (SSSR count). The summed E-state index contributed by atoms with van der Waals surface area (Å²) in [6, 6.07) is 7.49. The lowest BCUT2D eigenvalue weighted by molar-refractivity contribution is 0.0898. The van der Waals surface area contributed by atoms with E-state index >= 15 is 0 Å². The number of amides is 2. The Balaban J connectivity index is 1.48. The molecule has 1 N–H and O–H groups in total. The zero-order chi connectivity index (χ0) is 14.5. The Bertz CT molecular complexity index is 486. The van der Waals surface area contributed by atoms with Crippen molar-refractivity contribution < 1.29 is 19.0 Å². The number of carbonyl (C=O) groups excluding carboxylic acids is 1. The Morgan fingerprint density at radius 3 is 3.00 bits per heavy atom. The SMILES string of the molecule is O=C(NCC1COc2ccccc2O1)N1CCCOCC1. The van der Waals surface area contributed by atoms with E-state index in [1.807, 2.05) is 24.3 Å². The molecule has 0 radical (unpaired) electrons. The summed E-state index contributed by atoms with van der Waals surface area (Å²) in [5.74, 6) is 1.48. The zero-order valence-corrected chi connectivity index (χ0v) is 11.9. The van der Waals surface area contributed by atoms with Crippen LogP contribution in [-0.4, -0.2) is 56.5 Å². The molecule has 1 unspecified atom stereocenters. The lowest BCUT2D eigenvalue weighted by Gasteiger charge is -2.27. The van der Waals surface area contributed by atoms with Gasteiger partial charge in [-0.25, -0.2) is 4.79 Å². The fraction of sp³-hybridized carbons (Fsp3) is 0.533. The summed E-state index contributed by atoms with van der Waals surface area (Å²) < 4.78 is 16.8. The van der Waals surface area contributed by atoms with E-state index in [2.05, 4.69) is 5.32 Å². The molecule has 21 heavy (non-hydrogen) atoms. The maximum atomic E-state index is 12.1. The highest BCUT2D eigenvalue weighted by molar-refractivity contribution is 5.74. The fourth-order valence-electron chi connectivity index (χ4n) is 2.43. The van der Waals surface area contributed by atoms with Crippen LogP contribution in [-0.2, 0) is 4.74 Å². The summed E-state index contributed by atoms with van der Waals surface area (Å²) in [5, 5.41) is 2.91. The molecule has 0 saturated carbocycles. The highest BCUT2D eigenvalue weighted by atomic mass is 16.6. The summed E-state index contributed by atoms with van der Waals surface area (Å²) in [4.78, 5) is 13.9. The Labute approximate surface area is 124 Å². The second-order valence-corrected chi connectivity index (χ2v) is 5.14. The Morgan fingerprint density at radius 2 is 2.10 bits per heavy atom. The van der Waals surface area contributed by atoms with Gasteiger partial charge in [0, 0.05) is 19.7 Å². The van der Waals surface area contributed by atoms with Gasteiger partial charge >= 0.3 is 6.03 Å². The summed E-state index contributed by atoms with van der Waals surface area (Å²) >= 11 is 0. The molecule has 114 valence electrons. The number of hydrogen-bond donors (Lipinski definition) is 1. The van der Waals surface area contributed by atoms with Gasteiger partial charge in [0.25, 0.3) is 0 Å². The third-order valence-electron chi connectivity index (χ3n) is 3.56. The van der Waals surface area contributed by atoms with E-state index in [0.29, 0.717) is 26.3 Å². The highest BCUT2D eigenvalue weighted by Crippen LogP contribution is 2.30. The number of hydrogen-bond acceptors (Lipinski definition) is 4. The molecule has 1 aromatic carbocycles. The van der Waals surface area contributed by atoms with Crippen LogP contribution in [0.25, 0.3) is 0 Å². The van der Waals surface area contributed by atoms with E-state index in [1.54, 1.807) is 4.90 Å². The topological polar surface area (TPSA) is 60.0 Å². The number of para-hydroxylation sites is 2. The number of fused-ring (bicyclic) bond motifs is 1. The first-order valence-corrected chi connectivity index (χ1v) is 7.32. The van der Waals surface area contributed by atoms with Gasteiger partial charge in [0.15, 0.2) is 17.6 Å². The molecule has 0 aliphatic carbocycles. The van der Waals surface area contributed by atoms with Crippen molar-refractivity contribution >= 4 is 6.03 Å². The normalized spacial score (nSPS) is 21.5. The van der Waals surface area contributed by atoms with Crippen LogP contribution < -0.4 is 14.8 Å². The van der Waals surface area contributed by atoms with Gasteiger partial charge in [-0.1, -0.05) is 12.1 Å². The van der Waals surface area contributed by atoms with Gasteiger partial charge in [0.1, 0.15) is 6.61 Å². The summed E-state index contributed by atoms with van der Waals surface area (Å²) in [5.41, 5.74) is 0. The molecular formula is C15H20N2O4. The van der Waals surface area contributed by atoms with Crippen LogP contribution in [0.3, 0.4) is 0 Å². The minimum absolute atomic E-state index is 0.0667. The molecule has 0 aromatic heterocycles. The predicted octanol–water partition coefficient (Wildman–Crippen LogP) is 1.26. The van der Waals surface area contributed by atoms with Gasteiger partial charge < -0.3 is 24.4 Å². The van der Waals surface area contributed by atoms with Crippen molar-refractivity contribution in [3.8, 4) is 11.5 Å². The van der Waals surface area contributed by atoms with E-state index in [0.717, 1.165) is 31.1 Å². The van der Waals surface area contributed by atoms with Crippen LogP contribution in [0.1, 0.15) is 6.42 Å². The van der Waals surface area contributed by atoms with Gasteiger partial charge in [-0.05, 0) is 18.6 Å². The van der Waals surface area contributed by atoms with Crippen molar-refractivity contribution in [2.24, 2.45) is 0 Å². The quantitative estimate of drug-likeness (QED) is 0.891. The van der Waals surface area contributed by atoms with Crippen molar-refractivity contribution in [1.82, 2.24) is 10.2 Å². The van der Waals surface area contributed by atoms with E-state index in [-0.39, 0.29) is 12.1 Å². The first kappa shape index (κ1) is 14.0. The van der Waals surface area contributed by atoms with Crippen LogP contribution in [0.5, 0.6) is 11.5 Å². The van der Waals surface area contributed by atoms with Crippen LogP contribution in [0, 0.1) is 0 Å². The Kier molecular flexibility index (Phi) is 4.45. The molecule has 2 aliphatic rings. The average molecular weight is 292 g/mol. The van der Waals surface area contributed by atoms with Crippen molar-refractivity contribution in [2.45, 2.75) is 12.5 Å². The van der Waals surface area contributed by atoms with Crippen LogP contribution in [0.4, 0.5) is 4.79 Å². The molecule has 6 heteroatoms. The number of rotatable bonds is 2. The van der Waals surface area contributed by atoms with Crippen LogP contribution in [0.2, 0.25) is 0 Å². The van der Waals surface area contributed by atoms with E-state index in [9.17, 15) is 4.79 Å². The molecule has 0 bridgehead atoms. The van der Waals surface area contributed by atoms with Gasteiger partial charge in [-0.2, -0.15) is 0 Å². The Morgan fingerprint density at radius 1 is 1.24 bits per heavy atom. The van der Waals surface area contributed by atoms with Crippen molar-refractivity contribution in [2.75, 3.05) is 39.5 Å². The number of carbonyl (C=O) groups is 1. The molecule has 6 nitrogen and oxygen atoms in total. The number of nitrogens with zero attached hydrogens (tertiary/aromatic N) is 1. The summed E-state index contributed by atoms with van der Waals surface area (Å²) in [6.45, 7) is 3.57. The second kappa shape index (κ2) is 6.67. The number of ether oxygens (including phenoxy) is 3. The largest absolute Gasteiger partial charge is 0.486 e. The molecule has 1 saturated heterocycles. The van der Waals surface area contributed by atoms with E-state index in [1.165, 1.54) is 0 Å². The monoisotopic (exact) mass is 292 g/mol. The van der Waals surface area contributed by atoms with Crippen molar-refractivity contribution in [1.29, 1.82) is 0 Å². The molecule has 2 heterocycles. The van der Waals surface area contributed by atoms with Gasteiger partial charge in [0.2, 0.25) is 0 Å². The predicted molar refractivity (Wildman–Crippen MR) is 76.8 cm³/mol. The van der Waals surface area contributed by atoms with E-state index in [4.69, 9.17) is 14.2 Å². The molecule has 2 amide bonds. The second-order valence-electron chi connectivity index (χ2n) is 5.14. The summed E-state index contributed by atoms with van der Waals surface area (Å²) in [7, 11) is 0. The number of benzene rings is 1. The third-order valence-corrected chi connectivity index (χ3v) is 3.56. The third kappa shape index (κ3) is 3.58. The molecule has 1 fully saturated rings. The lowest BCUT2D eigenvalue weighted by atomic mass is 10.2. The lowest BCUT2D eigenvalue weighted by Crippen LogP contribution is -2.46. The highest BCUT2D eigenvalue weighted by Gasteiger charge is 2.22. The van der Waals surface area contributed by atoms with E-state index < -0.39 is 0 Å². The first-order chi connectivity index (χ1) is 10.3. The molecule has 1 atom stereocenters. The number of nitrogens with one attached hydrogen (secondary N) is 1. The molecule has 1 aromatic rings. The standard InChI is InChI=1S/C15H20N2O4/c18-15(17-6-3-8-19-9-7-17)16-10-12-11-20-13-4-1-2-5-14(13)21-12/h1-2,4-5,12H,3,6-11H2,(H,16,18). The molecule has 0 spiro atoms. The van der Waals surface area contributed by atoms with Crippen LogP contribution >= 0.6 is 0 Å². The maximum absolute atomic E-state index is 12.1. The minimum Gasteiger partial charge on any atom is -0.486 e. The smallest absolute Gasteiger partial charge is 0.317 e. The van der Waals surface area contributed by atoms with Crippen molar-refractivity contribution in [3.05, 3.63) is 24.3 Å². The van der Waals surface area contributed by atoms with Gasteiger partial charge in [-0.3, -0.25) is 0 Å². The average Bonchev–Trinajstić information content (AvgIpc) is 2.81. The Hall–Kier alpha value is -1.95. The molecule has 2 aliphatic heterocycles. The van der Waals surface area contributed by atoms with Gasteiger partial charge in [-0.15, -0.1) is 0 Å². The zero-order valence-electron chi connectivity index (χ0n) is 11.9. The fourth-order valence-corrected chi connectivity index (χ4v) is 2.43. The number of urea groups is 1.